The molecule has 0 spiro atoms. The fourth-order valence-electron chi connectivity index (χ4n) is 0.377. The fraction of sp³-hybridized carbons (Fsp3) is 0.800. The van der Waals surface area contributed by atoms with Crippen LogP contribution in [0.4, 0.5) is 0 Å². The molecule has 0 aromatic carbocycles. The molecule has 0 aliphatic heterocycles. The van der Waals surface area contributed by atoms with E-state index in [1.54, 1.807) is 13.8 Å². The molecular formula is C5H11O4P. The zero-order valence-electron chi connectivity index (χ0n) is 6.83. The van der Waals surface area contributed by atoms with Gasteiger partial charge in [-0.1, -0.05) is 0 Å². The van der Waals surface area contributed by atoms with Gasteiger partial charge in [-0.05, 0) is 13.8 Å². The molecule has 0 bridgehead atoms. The molecule has 5 heteroatoms. The summed E-state index contributed by atoms with van der Waals surface area (Å²) in [6.07, 6.45) is -0.398. The predicted molar refractivity (Wildman–Crippen MR) is 38.1 cm³/mol. The molecule has 0 aliphatic rings. The van der Waals surface area contributed by atoms with E-state index in [-0.39, 0.29) is 0 Å². The predicted octanol–water partition coefficient (Wildman–Crippen LogP) is 0.834. The van der Waals surface area contributed by atoms with Gasteiger partial charge in [-0.3, -0.25) is 0 Å². The van der Waals surface area contributed by atoms with Crippen LogP contribution in [0.25, 0.3) is 0 Å². The third kappa shape index (κ3) is 2.60. The van der Waals surface area contributed by atoms with Gasteiger partial charge in [0.25, 0.3) is 0 Å². The summed E-state index contributed by atoms with van der Waals surface area (Å²) in [5.41, 5.74) is 0. The average molecular weight is 168 g/mol. The van der Waals surface area contributed by atoms with E-state index in [1.807, 2.05) is 0 Å². The van der Waals surface area contributed by atoms with Crippen LogP contribution in [0, 0.1) is 5.92 Å². The molecule has 10 heavy (non-hydrogen) atoms. The van der Waals surface area contributed by atoms with E-state index in [0.29, 0.717) is 0 Å². The van der Waals surface area contributed by atoms with Crippen molar-refractivity contribution in [2.75, 3.05) is 0 Å². The Morgan fingerprint density at radius 1 is 1.80 bits per heavy atom. The first-order valence-electron chi connectivity index (χ1n) is 3.31. The first kappa shape index (κ1) is 7.92. The monoisotopic (exact) mass is 168 g/mol. The van der Waals surface area contributed by atoms with Crippen molar-refractivity contribution in [2.24, 2.45) is 5.92 Å². The van der Waals surface area contributed by atoms with Gasteiger partial charge in [0, 0.05) is 9.41 Å². The lowest BCUT2D eigenvalue weighted by Gasteiger charge is -2.13. The Kier molecular flexibility index (Phi) is 3.65. The zero-order chi connectivity index (χ0) is 8.85. The van der Waals surface area contributed by atoms with E-state index < -0.39 is 27.4 Å². The number of carbonyl (C=O) groups excluding carboxylic acids is 1. The van der Waals surface area contributed by atoms with Crippen LogP contribution in [0.1, 0.15) is 13.8 Å². The SMILES string of the molecule is [3H]PO[C@@H](C)C(C)C(=O)OO. The summed E-state index contributed by atoms with van der Waals surface area (Å²) in [7, 11) is -0.414. The Morgan fingerprint density at radius 3 is 2.80 bits per heavy atom. The molecule has 0 amide bonds. The highest BCUT2D eigenvalue weighted by molar-refractivity contribution is 7.09. The molecule has 0 saturated carbocycles. The first-order chi connectivity index (χ1) is 5.13. The Bertz CT molecular complexity index is 132. The summed E-state index contributed by atoms with van der Waals surface area (Å²) < 4.78 is 11.5. The van der Waals surface area contributed by atoms with E-state index in [2.05, 4.69) is 4.89 Å². The number of carbonyl (C=O) groups is 1. The molecule has 60 valence electrons. The Morgan fingerprint density at radius 2 is 2.40 bits per heavy atom. The van der Waals surface area contributed by atoms with Gasteiger partial charge in [-0.25, -0.2) is 4.79 Å². The van der Waals surface area contributed by atoms with Crippen molar-refractivity contribution in [3.8, 4) is 0 Å². The molecule has 2 unspecified atom stereocenters. The minimum absolute atomic E-state index is 0.398. The van der Waals surface area contributed by atoms with Crippen LogP contribution in [0.3, 0.4) is 0 Å². The second kappa shape index (κ2) is 4.61. The molecule has 0 saturated heterocycles. The zero-order valence-corrected chi connectivity index (χ0v) is 6.83. The molecule has 3 atom stereocenters. The summed E-state index contributed by atoms with van der Waals surface area (Å²) in [5.74, 6) is -1.28. The van der Waals surface area contributed by atoms with E-state index in [1.165, 1.54) is 0 Å². The molecule has 0 radical (unpaired) electrons. The van der Waals surface area contributed by atoms with Crippen molar-refractivity contribution < 1.29 is 19.5 Å². The van der Waals surface area contributed by atoms with Crippen LogP contribution >= 0.6 is 9.41 Å². The maximum atomic E-state index is 10.6. The quantitative estimate of drug-likeness (QED) is 0.384. The summed E-state index contributed by atoms with van der Waals surface area (Å²) in [4.78, 5) is 14.1. The number of hydrogen-bond acceptors (Lipinski definition) is 4. The van der Waals surface area contributed by atoms with Gasteiger partial charge < -0.3 is 9.41 Å². The van der Waals surface area contributed by atoms with Crippen molar-refractivity contribution in [3.05, 3.63) is 0 Å². The van der Waals surface area contributed by atoms with E-state index in [4.69, 9.17) is 11.1 Å². The third-order valence-electron chi connectivity index (χ3n) is 1.35. The van der Waals surface area contributed by atoms with E-state index in [9.17, 15) is 4.79 Å². The number of rotatable bonds is 4. The van der Waals surface area contributed by atoms with Crippen molar-refractivity contribution in [2.45, 2.75) is 20.0 Å². The molecule has 0 aliphatic carbocycles. The van der Waals surface area contributed by atoms with Crippen LogP contribution in [0.15, 0.2) is 0 Å². The van der Waals surface area contributed by atoms with Gasteiger partial charge in [0.1, 0.15) is 0 Å². The highest BCUT2D eigenvalue weighted by atomic mass is 31.0. The molecule has 0 aromatic rings. The highest BCUT2D eigenvalue weighted by Crippen LogP contribution is 2.10. The normalized spacial score (nSPS) is 18.5. The molecular weight excluding hydrogens is 155 g/mol. The Hall–Kier alpha value is -0.180. The molecule has 4 nitrogen and oxygen atoms in total. The van der Waals surface area contributed by atoms with Crippen molar-refractivity contribution in [1.82, 2.24) is 0 Å². The largest absolute Gasteiger partial charge is 0.362 e. The maximum Gasteiger partial charge on any atom is 0.347 e. The lowest BCUT2D eigenvalue weighted by molar-refractivity contribution is -0.240. The first-order valence-corrected chi connectivity index (χ1v) is 3.22. The molecule has 0 aromatic heterocycles. The average Bonchev–Trinajstić information content (AvgIpc) is 2.02. The minimum atomic E-state index is -0.740. The van der Waals surface area contributed by atoms with Crippen molar-refractivity contribution >= 4 is 15.4 Å². The summed E-state index contributed by atoms with van der Waals surface area (Å²) in [5, 5.41) is 7.97. The maximum absolute atomic E-state index is 10.6. The van der Waals surface area contributed by atoms with E-state index in [0.717, 1.165) is 0 Å². The third-order valence-corrected chi connectivity index (χ3v) is 1.72. The second-order valence-electron chi connectivity index (χ2n) is 2.02. The lowest BCUT2D eigenvalue weighted by Crippen LogP contribution is -2.24. The smallest absolute Gasteiger partial charge is 0.347 e. The summed E-state index contributed by atoms with van der Waals surface area (Å²) in [6, 6.07) is 0. The van der Waals surface area contributed by atoms with Crippen LogP contribution < -0.4 is 0 Å². The van der Waals surface area contributed by atoms with Gasteiger partial charge in [-0.2, -0.15) is 5.26 Å². The standard InChI is InChI=1S/C5H11O4P/c1-3(4(2)9-10)5(6)8-7/h3-4,7H,10H2,1-2H3/t3?,4-/m0/s1/i10T/t3?,4-,10?. The topological polar surface area (TPSA) is 55.8 Å². The Balaban J connectivity index is 3.80. The molecule has 0 rings (SSSR count). The summed E-state index contributed by atoms with van der Waals surface area (Å²) >= 11 is 0. The van der Waals surface area contributed by atoms with Gasteiger partial charge in [0.05, 0.1) is 13.3 Å². The summed E-state index contributed by atoms with van der Waals surface area (Å²) in [6.45, 7) is 3.20. The van der Waals surface area contributed by atoms with E-state index >= 15 is 0 Å². The van der Waals surface area contributed by atoms with Crippen LogP contribution in [-0.2, 0) is 14.2 Å². The minimum Gasteiger partial charge on any atom is -0.362 e. The van der Waals surface area contributed by atoms with Crippen molar-refractivity contribution in [3.63, 3.8) is 0 Å². The molecule has 0 heterocycles. The molecule has 0 fully saturated rings. The fourth-order valence-corrected chi connectivity index (χ4v) is 0.581. The number of hydrogen-bond donors (Lipinski definition) is 1. The van der Waals surface area contributed by atoms with Gasteiger partial charge in [0.15, 0.2) is 0 Å². The van der Waals surface area contributed by atoms with Gasteiger partial charge in [-0.15, -0.1) is 0 Å². The van der Waals surface area contributed by atoms with Crippen LogP contribution in [0.5, 0.6) is 0 Å². The van der Waals surface area contributed by atoms with Crippen molar-refractivity contribution in [1.29, 1.82) is 1.28 Å². The Labute approximate surface area is 63.0 Å². The molecule has 1 N–H and O–H groups in total. The van der Waals surface area contributed by atoms with Gasteiger partial charge >= 0.3 is 5.97 Å². The van der Waals surface area contributed by atoms with Gasteiger partial charge in [0.2, 0.25) is 0 Å². The second-order valence-corrected chi connectivity index (χ2v) is 2.26. The lowest BCUT2D eigenvalue weighted by atomic mass is 10.1. The van der Waals surface area contributed by atoms with Crippen LogP contribution in [-0.4, -0.2) is 18.6 Å². The van der Waals surface area contributed by atoms with Crippen LogP contribution in [0.2, 0.25) is 0 Å². The highest BCUT2D eigenvalue weighted by Gasteiger charge is 2.21.